The molecule has 0 saturated carbocycles. The van der Waals surface area contributed by atoms with E-state index in [9.17, 15) is 45.3 Å². The predicted octanol–water partition coefficient (Wildman–Crippen LogP) is -1.76. The lowest BCUT2D eigenvalue weighted by atomic mass is 9.98. The first-order valence-corrected chi connectivity index (χ1v) is 13.7. The molecule has 2 fully saturated rings. The Balaban J connectivity index is 1.38. The number of phenols is 1. The second-order valence-corrected chi connectivity index (χ2v) is 10.8. The fourth-order valence-electron chi connectivity index (χ4n) is 5.58. The molecule has 0 radical (unpaired) electrons. The summed E-state index contributed by atoms with van der Waals surface area (Å²) in [6.45, 7) is 0.880. The van der Waals surface area contributed by atoms with Gasteiger partial charge < -0.3 is 73.0 Å². The van der Waals surface area contributed by atoms with Crippen molar-refractivity contribution in [1.82, 2.24) is 0 Å². The van der Waals surface area contributed by atoms with Crippen LogP contribution in [0, 0.1) is 0 Å². The van der Waals surface area contributed by atoms with Gasteiger partial charge in [0.1, 0.15) is 42.7 Å². The summed E-state index contributed by atoms with van der Waals surface area (Å²) in [6.07, 6.45) is -15.7. The lowest BCUT2D eigenvalue weighted by Gasteiger charge is -2.42. The van der Waals surface area contributed by atoms with Crippen LogP contribution in [0.4, 0.5) is 0 Å². The van der Waals surface area contributed by atoms with Crippen LogP contribution in [0.5, 0.6) is 23.0 Å². The molecule has 7 N–H and O–H groups in total. The smallest absolute Gasteiger partial charge is 0.344 e. The summed E-state index contributed by atoms with van der Waals surface area (Å²) in [5, 5.41) is 72.7. The Morgan fingerprint density at radius 2 is 1.27 bits per heavy atom. The Morgan fingerprint density at radius 1 is 0.711 bits per heavy atom. The molecule has 0 spiro atoms. The van der Waals surface area contributed by atoms with Crippen LogP contribution in [0.25, 0.3) is 32.7 Å². The van der Waals surface area contributed by atoms with Gasteiger partial charge in [-0.3, -0.25) is 0 Å². The monoisotopic (exact) mass is 638 g/mol. The molecule has 10 atom stereocenters. The fraction of sp³-hybridized carbons (Fsp3) is 0.500. The highest BCUT2D eigenvalue weighted by molar-refractivity contribution is 6.22. The Bertz CT molecular complexity index is 1830. The number of rotatable bonds is 7. The Labute approximate surface area is 251 Å². The molecule has 2 aromatic heterocycles. The third-order valence-corrected chi connectivity index (χ3v) is 8.08. The molecular weight excluding hydrogens is 608 g/mol. The van der Waals surface area contributed by atoms with Gasteiger partial charge >= 0.3 is 11.3 Å². The van der Waals surface area contributed by atoms with Crippen molar-refractivity contribution in [3.8, 4) is 23.0 Å². The van der Waals surface area contributed by atoms with Crippen molar-refractivity contribution in [3.05, 3.63) is 33.0 Å². The van der Waals surface area contributed by atoms with Gasteiger partial charge in [0.2, 0.25) is 17.8 Å². The van der Waals surface area contributed by atoms with Crippen LogP contribution in [0.1, 0.15) is 6.92 Å². The van der Waals surface area contributed by atoms with Gasteiger partial charge in [-0.25, -0.2) is 9.59 Å². The minimum absolute atomic E-state index is 0.000992. The molecule has 0 bridgehead atoms. The zero-order valence-electron chi connectivity index (χ0n) is 23.8. The van der Waals surface area contributed by atoms with Crippen LogP contribution in [0.15, 0.2) is 30.6 Å². The maximum Gasteiger partial charge on any atom is 0.344 e. The lowest BCUT2D eigenvalue weighted by molar-refractivity contribution is -0.318. The average molecular weight is 639 g/mol. The van der Waals surface area contributed by atoms with E-state index < -0.39 is 85.0 Å². The third kappa shape index (κ3) is 4.93. The topological polar surface area (TPSA) is 257 Å². The van der Waals surface area contributed by atoms with E-state index in [4.69, 9.17) is 37.3 Å². The van der Waals surface area contributed by atoms with E-state index in [2.05, 4.69) is 0 Å². The van der Waals surface area contributed by atoms with Crippen LogP contribution in [-0.2, 0) is 14.2 Å². The van der Waals surface area contributed by atoms with Crippen LogP contribution in [0.3, 0.4) is 0 Å². The second kappa shape index (κ2) is 11.5. The number of methoxy groups -OCH3 is 2. The fourth-order valence-corrected chi connectivity index (χ4v) is 5.58. The molecule has 4 heterocycles. The van der Waals surface area contributed by atoms with Crippen molar-refractivity contribution in [2.45, 2.75) is 68.3 Å². The molecule has 0 unspecified atom stereocenters. The Hall–Kier alpha value is -3.78. The molecule has 17 heteroatoms. The van der Waals surface area contributed by atoms with Crippen LogP contribution in [0.2, 0.25) is 0 Å². The van der Waals surface area contributed by atoms with Crippen molar-refractivity contribution in [3.63, 3.8) is 0 Å². The quantitative estimate of drug-likeness (QED) is 0.0874. The van der Waals surface area contributed by atoms with Gasteiger partial charge in [-0.05, 0) is 19.1 Å². The number of phenolic OH excluding ortho intramolecular Hbond substituents is 1. The Kier molecular flexibility index (Phi) is 8.00. The SMILES string of the molecule is COc1cc2c(=O)oc3c(O[C@@H]4O[C@H](CO[C@@H]5O[C@@H](C)[C@H](O)[C@@H](O)[C@H]5O)[C@@H](O)[C@H](O)[C@H]4O)c(OC)cc4c(=O)oc(c1O)c2c34. The standard InChI is InChI=1S/C28H30O17/c1-7-15(29)18(32)20(34)27(41-7)40-6-12-16(30)19(33)21(35)28(42-12)45-22-11(39-3)5-9-14-13-8(26(37)44-24(14)22)4-10(38-2)17(31)23(13)43-25(9)36/h4-5,7,12,15-16,18-21,27-35H,6H2,1-3H3/t7-,12+,15-,16+,18+,19-,20+,21+,27+,28-/m0/s1. The van der Waals surface area contributed by atoms with Gasteiger partial charge in [0.05, 0.1) is 37.7 Å². The minimum Gasteiger partial charge on any atom is -0.502 e. The summed E-state index contributed by atoms with van der Waals surface area (Å²) in [7, 11) is 2.45. The average Bonchev–Trinajstić information content (AvgIpc) is 3.02. The summed E-state index contributed by atoms with van der Waals surface area (Å²) in [5.41, 5.74) is -2.59. The number of aromatic hydroxyl groups is 1. The summed E-state index contributed by atoms with van der Waals surface area (Å²) in [4.78, 5) is 26.1. The van der Waals surface area contributed by atoms with E-state index in [1.807, 2.05) is 0 Å². The molecule has 6 rings (SSSR count). The molecule has 17 nitrogen and oxygen atoms in total. The summed E-state index contributed by atoms with van der Waals surface area (Å²) in [6, 6.07) is 2.42. The number of aliphatic hydroxyl groups is 6. The van der Waals surface area contributed by atoms with Crippen molar-refractivity contribution < 1.29 is 73.0 Å². The first-order valence-electron chi connectivity index (χ1n) is 13.7. The van der Waals surface area contributed by atoms with E-state index in [1.165, 1.54) is 33.3 Å². The van der Waals surface area contributed by atoms with Gasteiger partial charge in [0, 0.05) is 10.8 Å². The third-order valence-electron chi connectivity index (χ3n) is 8.08. The minimum atomic E-state index is -1.89. The maximum absolute atomic E-state index is 13.1. The van der Waals surface area contributed by atoms with Gasteiger partial charge in [0.25, 0.3) is 0 Å². The van der Waals surface area contributed by atoms with E-state index in [1.54, 1.807) is 0 Å². The van der Waals surface area contributed by atoms with Gasteiger partial charge in [-0.15, -0.1) is 0 Å². The molecule has 4 aromatic rings. The maximum atomic E-state index is 13.1. The van der Waals surface area contributed by atoms with E-state index in [0.29, 0.717) is 0 Å². The van der Waals surface area contributed by atoms with Gasteiger partial charge in [-0.2, -0.15) is 0 Å². The van der Waals surface area contributed by atoms with Crippen molar-refractivity contribution in [1.29, 1.82) is 0 Å². The van der Waals surface area contributed by atoms with Crippen LogP contribution < -0.4 is 25.5 Å². The van der Waals surface area contributed by atoms with Gasteiger partial charge in [-0.1, -0.05) is 0 Å². The molecule has 45 heavy (non-hydrogen) atoms. The highest BCUT2D eigenvalue weighted by Crippen LogP contribution is 2.46. The summed E-state index contributed by atoms with van der Waals surface area (Å²) in [5.74, 6) is -1.24. The Morgan fingerprint density at radius 3 is 1.91 bits per heavy atom. The van der Waals surface area contributed by atoms with Crippen molar-refractivity contribution in [2.75, 3.05) is 20.8 Å². The number of aliphatic hydroxyl groups excluding tert-OH is 6. The molecular formula is C28H30O17. The molecule has 2 saturated heterocycles. The number of benzene rings is 2. The number of ether oxygens (including phenoxy) is 6. The van der Waals surface area contributed by atoms with E-state index in [0.717, 1.165) is 0 Å². The first kappa shape index (κ1) is 31.2. The molecule has 0 aliphatic carbocycles. The van der Waals surface area contributed by atoms with Crippen molar-refractivity contribution >= 4 is 32.7 Å². The zero-order chi connectivity index (χ0) is 32.5. The molecule has 2 aliphatic heterocycles. The van der Waals surface area contributed by atoms with Crippen LogP contribution in [-0.4, -0.2) is 118 Å². The number of hydrogen-bond acceptors (Lipinski definition) is 17. The van der Waals surface area contributed by atoms with Crippen molar-refractivity contribution in [2.24, 2.45) is 0 Å². The number of hydrogen-bond donors (Lipinski definition) is 7. The highest BCUT2D eigenvalue weighted by Gasteiger charge is 2.48. The summed E-state index contributed by atoms with van der Waals surface area (Å²) < 4.78 is 43.8. The van der Waals surface area contributed by atoms with Gasteiger partial charge in [0.15, 0.2) is 29.0 Å². The van der Waals surface area contributed by atoms with Crippen LogP contribution >= 0.6 is 0 Å². The summed E-state index contributed by atoms with van der Waals surface area (Å²) >= 11 is 0. The molecule has 0 amide bonds. The first-order chi connectivity index (χ1) is 21.4. The lowest BCUT2D eigenvalue weighted by Crippen LogP contribution is -2.61. The second-order valence-electron chi connectivity index (χ2n) is 10.8. The highest BCUT2D eigenvalue weighted by atomic mass is 16.7. The predicted molar refractivity (Wildman–Crippen MR) is 148 cm³/mol. The van der Waals surface area contributed by atoms with E-state index in [-0.39, 0.29) is 50.0 Å². The molecule has 244 valence electrons. The zero-order valence-corrected chi connectivity index (χ0v) is 23.8. The molecule has 2 aliphatic rings. The van der Waals surface area contributed by atoms with E-state index >= 15 is 0 Å². The largest absolute Gasteiger partial charge is 0.502 e. The molecule has 2 aromatic carbocycles. The normalized spacial score (nSPS) is 32.4.